The normalized spacial score (nSPS) is 12.3. The molecule has 0 atom stereocenters. The molecule has 0 aliphatic heterocycles. The molecule has 0 aliphatic rings. The molecule has 0 N–H and O–H groups in total. The summed E-state index contributed by atoms with van der Waals surface area (Å²) in [6, 6.07) is 85.6. The van der Waals surface area contributed by atoms with E-state index in [9.17, 15) is 0 Å². The molecule has 0 saturated heterocycles. The summed E-state index contributed by atoms with van der Waals surface area (Å²) in [5.74, 6) is 0.505. The van der Waals surface area contributed by atoms with Gasteiger partial charge in [0.05, 0.1) is 72.0 Å². The lowest BCUT2D eigenvalue weighted by molar-refractivity contribution is -0.660. The van der Waals surface area contributed by atoms with Gasteiger partial charge in [0.2, 0.25) is 34.2 Å². The van der Waals surface area contributed by atoms with Crippen molar-refractivity contribution in [3.05, 3.63) is 395 Å². The molecule has 0 unspecified atom stereocenters. The molecule has 0 saturated carbocycles. The minimum absolute atomic E-state index is 0.0339. The van der Waals surface area contributed by atoms with Crippen LogP contribution in [0, 0.1) is 81.5 Å². The van der Waals surface area contributed by atoms with Gasteiger partial charge in [-0.2, -0.15) is 0 Å². The van der Waals surface area contributed by atoms with E-state index in [1.54, 1.807) is 37.6 Å². The van der Waals surface area contributed by atoms with Crippen LogP contribution in [0.2, 0.25) is 0 Å². The van der Waals surface area contributed by atoms with Crippen LogP contribution in [-0.4, -0.2) is 56.3 Å². The molecule has 18 heteroatoms. The van der Waals surface area contributed by atoms with Crippen LogP contribution in [0.15, 0.2) is 323 Å². The van der Waals surface area contributed by atoms with Crippen molar-refractivity contribution in [2.24, 2.45) is 47.7 Å². The summed E-state index contributed by atoms with van der Waals surface area (Å²) in [5, 5.41) is 0. The third-order valence-corrected chi connectivity index (χ3v) is 26.7. The van der Waals surface area contributed by atoms with Crippen molar-refractivity contribution < 1.29 is 34.3 Å². The Balaban J connectivity index is 0.000000110. The first-order chi connectivity index (χ1) is 68.9. The molecule has 18 nitrogen and oxygen atoms in total. The van der Waals surface area contributed by atoms with Gasteiger partial charge in [-0.15, -0.1) is 0 Å². The quantitative estimate of drug-likeness (QED) is 0.139. The van der Waals surface area contributed by atoms with Crippen LogP contribution in [-0.2, 0) is 48.7 Å². The van der Waals surface area contributed by atoms with E-state index in [0.29, 0.717) is 5.92 Å². The van der Waals surface area contributed by atoms with Crippen molar-refractivity contribution in [3.8, 4) is 67.5 Å². The van der Waals surface area contributed by atoms with Crippen LogP contribution in [0.4, 0.5) is 0 Å². The number of rotatable bonds is 8. The summed E-state index contributed by atoms with van der Waals surface area (Å²) in [7, 11) is 12.3. The SMILES string of the molecule is Cc1cc(-c2c(C)ccc3c2nc2ccccn23)[n+](C)cc1C.Cc1cc[n+](C)c(-c2c(C)ccc3c2nc2ccccn23)c1.Cc1ccc(-c2c(C)ccc3c2nc2ccccn23)[n+](C)c1.Cc1ccc2c(nc3ccccn32)c1-c1cc(C(C)C)cc[n+]1C.Cc1ccc2c(nc3ccccn32)c1-c1cccc[n+]1C.[2H]C([2H])([2H])c1c[n+](C)c(-c2c(C)ccc3nc4ccccn4c23)cc1C([2H])([2H])C(C)(C)C. The van der Waals surface area contributed by atoms with Gasteiger partial charge in [0, 0.05) is 115 Å². The predicted octanol–water partition coefficient (Wildman–Crippen LogP) is 24.0. The Labute approximate surface area is 819 Å². The number of nitrogens with zero attached hydrogens (tertiary/aromatic N) is 18. The Morgan fingerprint density at radius 1 is 0.288 bits per heavy atom. The second kappa shape index (κ2) is 37.5. The average Bonchev–Trinajstić information content (AvgIpc) is 1.21. The molecule has 139 heavy (non-hydrogen) atoms. The minimum Gasteiger partial charge on any atom is -0.300 e. The van der Waals surface area contributed by atoms with Crippen LogP contribution in [0.25, 0.3) is 168 Å². The first-order valence-corrected chi connectivity index (χ1v) is 47.5. The molecule has 690 valence electrons. The van der Waals surface area contributed by atoms with Crippen LogP contribution in [0.1, 0.15) is 120 Å². The molecular weight excluding hydrogens is 1710 g/mol. The van der Waals surface area contributed by atoms with Gasteiger partial charge in [-0.05, 0) is 271 Å². The second-order valence-electron chi connectivity index (χ2n) is 38.3. The fraction of sp³-hybridized carbons (Fsp3) is 0.207. The Morgan fingerprint density at radius 2 is 0.633 bits per heavy atom. The van der Waals surface area contributed by atoms with Crippen LogP contribution < -0.4 is 27.4 Å². The highest BCUT2D eigenvalue weighted by Gasteiger charge is 2.29. The van der Waals surface area contributed by atoms with Gasteiger partial charge in [-0.3, -0.25) is 26.4 Å². The zero-order valence-corrected chi connectivity index (χ0v) is 83.2. The summed E-state index contributed by atoms with van der Waals surface area (Å²) < 4.78 is 67.4. The number of fused-ring (bicyclic) bond motifs is 18. The van der Waals surface area contributed by atoms with E-state index in [0.717, 1.165) is 117 Å². The molecule has 0 fully saturated rings. The van der Waals surface area contributed by atoms with Crippen LogP contribution in [0.3, 0.4) is 0 Å². The monoisotopic (exact) mass is 1830 g/mol. The fourth-order valence-electron chi connectivity index (χ4n) is 19.4. The highest BCUT2D eigenvalue weighted by molar-refractivity contribution is 6.00. The molecule has 24 aromatic rings. The average molecular weight is 1830 g/mol. The largest absolute Gasteiger partial charge is 0.300 e. The third kappa shape index (κ3) is 17.7. The zero-order valence-electron chi connectivity index (χ0n) is 88.2. The maximum absolute atomic E-state index is 8.88. The van der Waals surface area contributed by atoms with E-state index in [4.69, 9.17) is 36.8 Å². The van der Waals surface area contributed by atoms with E-state index in [2.05, 4.69) is 352 Å². The number of aromatic nitrogens is 18. The zero-order chi connectivity index (χ0) is 102. The van der Waals surface area contributed by atoms with E-state index < -0.39 is 18.6 Å². The second-order valence-corrected chi connectivity index (χ2v) is 38.3. The maximum Gasteiger partial charge on any atom is 0.215 e. The molecular formula is C121H122N18+6. The molecule has 18 heterocycles. The molecule has 6 aromatic carbocycles. The van der Waals surface area contributed by atoms with Gasteiger partial charge in [-0.1, -0.05) is 107 Å². The standard InChI is InChI=1S/C24H28N3.C21H22N3.C20H20N3.2C19H18N3.C18H16N3/c1-16-10-11-19-23(27-12-8-7-9-21(27)25-19)22(16)20-13-18(14-24(3,4)5)17(2)15-26(20)6;1-14(2)16-10-12-23(4)18(13-16)20-15(3)8-9-17-21(20)22-19-7-5-6-11-24(17)19;1-13-8-9-16-20(21-18-7-5-6-10-23(16)18)19(13)17-11-14(2)15(3)12-22(17)4;1-13-7-9-15(21(3)12-13)18-14(2)8-10-16-19(18)20-17-6-4-5-11-22(16)17;1-13-9-11-21(3)16(12-13)18-14(2)7-8-15-19(18)20-17-6-4-5-10-22(15)17;1-13-9-10-15-18(19-16-8-4-6-12-21(15)16)17(13)14-7-3-5-11-20(14)2/h7-13,15H,14H2,1-6H3;5-14H,1-4H3;5-12H,1-4H3;2*4-12H,1-3H3;3-12H,1-2H3/q6*+1/i2D3,14D2;;;;;. The van der Waals surface area contributed by atoms with E-state index in [1.807, 2.05) is 134 Å². The highest BCUT2D eigenvalue weighted by Crippen LogP contribution is 2.39. The Bertz CT molecular complexity index is 9170. The maximum atomic E-state index is 8.88. The summed E-state index contributed by atoms with van der Waals surface area (Å²) in [5.41, 5.74) is 45.4. The number of imidazole rings is 6. The third-order valence-electron chi connectivity index (χ3n) is 26.7. The van der Waals surface area contributed by atoms with Crippen molar-refractivity contribution in [2.45, 2.75) is 123 Å². The Kier molecular flexibility index (Phi) is 23.2. The number of hydrogen-bond acceptors (Lipinski definition) is 6. The first kappa shape index (κ1) is 85.8. The molecule has 0 bridgehead atoms. The van der Waals surface area contributed by atoms with E-state index in [1.165, 1.54) is 112 Å². The van der Waals surface area contributed by atoms with Gasteiger partial charge in [0.1, 0.15) is 104 Å². The molecule has 0 radical (unpaired) electrons. The highest BCUT2D eigenvalue weighted by atomic mass is 15.1. The van der Waals surface area contributed by atoms with Crippen molar-refractivity contribution in [1.29, 1.82) is 0 Å². The minimum atomic E-state index is -2.44. The van der Waals surface area contributed by atoms with Gasteiger partial charge < -0.3 is 0 Å². The fourth-order valence-corrected chi connectivity index (χ4v) is 19.4. The predicted molar refractivity (Wildman–Crippen MR) is 565 cm³/mol. The molecule has 18 aromatic heterocycles. The number of pyridine rings is 12. The van der Waals surface area contributed by atoms with E-state index >= 15 is 0 Å². The van der Waals surface area contributed by atoms with Crippen molar-refractivity contribution in [2.75, 3.05) is 0 Å². The Hall–Kier alpha value is -16.1. The smallest absolute Gasteiger partial charge is 0.215 e. The van der Waals surface area contributed by atoms with Gasteiger partial charge >= 0.3 is 0 Å². The summed E-state index contributed by atoms with van der Waals surface area (Å²) in [4.78, 5) is 29.1. The van der Waals surface area contributed by atoms with E-state index in [-0.39, 0.29) is 11.1 Å². The summed E-state index contributed by atoms with van der Waals surface area (Å²) in [6.07, 6.45) is 22.7. The number of benzene rings is 6. The number of aryl methyl sites for hydroxylation is 17. The van der Waals surface area contributed by atoms with Crippen LogP contribution in [0.5, 0.6) is 0 Å². The van der Waals surface area contributed by atoms with Crippen molar-refractivity contribution in [1.82, 2.24) is 56.3 Å². The molecule has 0 amide bonds. The lowest BCUT2D eigenvalue weighted by Crippen LogP contribution is -2.32. The first-order valence-electron chi connectivity index (χ1n) is 50.0. The van der Waals surface area contributed by atoms with Gasteiger partial charge in [0.15, 0.2) is 37.2 Å². The molecule has 0 spiro atoms. The Morgan fingerprint density at radius 3 is 1.04 bits per heavy atom. The number of hydrogen-bond donors (Lipinski definition) is 0. The van der Waals surface area contributed by atoms with Crippen molar-refractivity contribution >= 4 is 100 Å². The lowest BCUT2D eigenvalue weighted by atomic mass is 9.86. The lowest BCUT2D eigenvalue weighted by Gasteiger charge is -2.19. The summed E-state index contributed by atoms with van der Waals surface area (Å²) in [6.45, 7) is 28.7. The molecule has 24 rings (SSSR count). The molecule has 0 aliphatic carbocycles. The van der Waals surface area contributed by atoms with Gasteiger partial charge in [-0.25, -0.2) is 57.3 Å². The van der Waals surface area contributed by atoms with Crippen LogP contribution >= 0.6 is 0 Å². The summed E-state index contributed by atoms with van der Waals surface area (Å²) >= 11 is 0. The topological polar surface area (TPSA) is 127 Å². The van der Waals surface area contributed by atoms with Gasteiger partial charge in [0.25, 0.3) is 0 Å². The van der Waals surface area contributed by atoms with Crippen molar-refractivity contribution in [3.63, 3.8) is 0 Å².